The van der Waals surface area contributed by atoms with Gasteiger partial charge in [0.2, 0.25) is 0 Å². The highest BCUT2D eigenvalue weighted by atomic mass is 79.9. The fourth-order valence-electron chi connectivity index (χ4n) is 4.42. The maximum absolute atomic E-state index is 12.7. The van der Waals surface area contributed by atoms with Crippen molar-refractivity contribution in [1.29, 1.82) is 0 Å². The van der Waals surface area contributed by atoms with Gasteiger partial charge in [0, 0.05) is 60.6 Å². The minimum atomic E-state index is -0.0437. The molecule has 2 aliphatic heterocycles. The van der Waals surface area contributed by atoms with Crippen LogP contribution in [-0.4, -0.2) is 66.4 Å². The topological polar surface area (TPSA) is 65.5 Å². The van der Waals surface area contributed by atoms with Crippen LogP contribution in [0.25, 0.3) is 0 Å². The number of benzene rings is 1. The molecule has 2 fully saturated rings. The first-order valence-corrected chi connectivity index (χ1v) is 10.2. The van der Waals surface area contributed by atoms with Crippen LogP contribution in [0.1, 0.15) is 20.7 Å². The molecule has 4 rings (SSSR count). The average molecular weight is 443 g/mol. The summed E-state index contributed by atoms with van der Waals surface area (Å²) in [4.78, 5) is 33.4. The summed E-state index contributed by atoms with van der Waals surface area (Å²) in [5.41, 5.74) is 1.33. The van der Waals surface area contributed by atoms with Crippen LogP contribution in [0, 0.1) is 11.3 Å². The van der Waals surface area contributed by atoms with Gasteiger partial charge in [0.05, 0.1) is 5.56 Å². The third-order valence-corrected chi connectivity index (χ3v) is 6.21. The van der Waals surface area contributed by atoms with E-state index < -0.39 is 0 Å². The number of carbonyl (C=O) groups is 2. The lowest BCUT2D eigenvalue weighted by Crippen LogP contribution is -2.63. The first-order chi connectivity index (χ1) is 13.5. The van der Waals surface area contributed by atoms with E-state index in [0.717, 1.165) is 17.6 Å². The van der Waals surface area contributed by atoms with Crippen LogP contribution in [0.4, 0.5) is 0 Å². The Morgan fingerprint density at radius 1 is 1.18 bits per heavy atom. The van der Waals surface area contributed by atoms with Gasteiger partial charge in [-0.25, -0.2) is 0 Å². The number of pyridine rings is 1. The van der Waals surface area contributed by atoms with Crippen LogP contribution in [0.3, 0.4) is 0 Å². The van der Waals surface area contributed by atoms with Crippen molar-refractivity contribution in [3.63, 3.8) is 0 Å². The Morgan fingerprint density at radius 3 is 2.64 bits per heavy atom. The predicted molar refractivity (Wildman–Crippen MR) is 110 cm³/mol. The molecule has 1 aromatic heterocycles. The van der Waals surface area contributed by atoms with Gasteiger partial charge >= 0.3 is 0 Å². The van der Waals surface area contributed by atoms with E-state index in [1.165, 1.54) is 0 Å². The minimum Gasteiger partial charge on any atom is -0.352 e. The van der Waals surface area contributed by atoms with Crippen molar-refractivity contribution in [3.05, 3.63) is 64.4 Å². The smallest absolute Gasteiger partial charge is 0.255 e. The van der Waals surface area contributed by atoms with E-state index in [4.69, 9.17) is 0 Å². The van der Waals surface area contributed by atoms with Gasteiger partial charge < -0.3 is 15.1 Å². The van der Waals surface area contributed by atoms with Gasteiger partial charge in [-0.3, -0.25) is 14.6 Å². The van der Waals surface area contributed by atoms with Crippen molar-refractivity contribution in [2.45, 2.75) is 0 Å². The van der Waals surface area contributed by atoms with Gasteiger partial charge in [0.15, 0.2) is 0 Å². The molecule has 6 nitrogen and oxygen atoms in total. The number of likely N-dealkylation sites (tertiary alicyclic amines) is 2. The molecule has 0 radical (unpaired) electrons. The first kappa shape index (κ1) is 19.1. The van der Waals surface area contributed by atoms with E-state index in [-0.39, 0.29) is 17.2 Å². The van der Waals surface area contributed by atoms with Crippen molar-refractivity contribution < 1.29 is 9.59 Å². The molecule has 7 heteroatoms. The molecule has 2 saturated heterocycles. The molecule has 0 aliphatic carbocycles. The molecule has 146 valence electrons. The van der Waals surface area contributed by atoms with Crippen molar-refractivity contribution in [3.8, 4) is 0 Å². The molecule has 28 heavy (non-hydrogen) atoms. The third kappa shape index (κ3) is 3.69. The van der Waals surface area contributed by atoms with E-state index >= 15 is 0 Å². The second-order valence-corrected chi connectivity index (χ2v) is 8.80. The molecule has 0 saturated carbocycles. The van der Waals surface area contributed by atoms with Crippen LogP contribution < -0.4 is 5.32 Å². The quantitative estimate of drug-likeness (QED) is 0.788. The number of nitrogens with zero attached hydrogens (tertiary/aromatic N) is 3. The third-order valence-electron chi connectivity index (χ3n) is 5.78. The van der Waals surface area contributed by atoms with Crippen molar-refractivity contribution in [2.75, 3.05) is 39.8 Å². The van der Waals surface area contributed by atoms with Gasteiger partial charge in [0.25, 0.3) is 11.8 Å². The Kier molecular flexibility index (Phi) is 5.21. The van der Waals surface area contributed by atoms with Gasteiger partial charge in [-0.15, -0.1) is 0 Å². The van der Waals surface area contributed by atoms with Crippen molar-refractivity contribution in [2.24, 2.45) is 11.3 Å². The molecule has 2 aliphatic rings. The second kappa shape index (κ2) is 7.64. The van der Waals surface area contributed by atoms with Gasteiger partial charge in [-0.05, 0) is 47.1 Å². The Balaban J connectivity index is 1.39. The molecular weight excluding hydrogens is 420 g/mol. The molecule has 1 atom stereocenters. The normalized spacial score (nSPS) is 20.8. The maximum Gasteiger partial charge on any atom is 0.255 e. The Labute approximate surface area is 173 Å². The highest BCUT2D eigenvalue weighted by Crippen LogP contribution is 2.43. The van der Waals surface area contributed by atoms with Crippen LogP contribution in [0.2, 0.25) is 0 Å². The Hall–Kier alpha value is -2.25. The SMILES string of the molecule is CN1CC(CNC(=O)c2ccccc2)C2(C1)CN(C(=O)c1cncc(Br)c1)C2. The van der Waals surface area contributed by atoms with E-state index in [2.05, 4.69) is 38.2 Å². The number of hydrogen-bond donors (Lipinski definition) is 1. The molecule has 0 bridgehead atoms. The fourth-order valence-corrected chi connectivity index (χ4v) is 4.78. The minimum absolute atomic E-state index is 0.0149. The molecule has 1 unspecified atom stereocenters. The summed E-state index contributed by atoms with van der Waals surface area (Å²) < 4.78 is 0.802. The molecule has 2 aromatic rings. The monoisotopic (exact) mass is 442 g/mol. The summed E-state index contributed by atoms with van der Waals surface area (Å²) in [6.45, 7) is 3.93. The number of nitrogens with one attached hydrogen (secondary N) is 1. The molecule has 2 amide bonds. The lowest BCUT2D eigenvalue weighted by molar-refractivity contribution is -0.00959. The summed E-state index contributed by atoms with van der Waals surface area (Å²) in [6, 6.07) is 11.1. The highest BCUT2D eigenvalue weighted by molar-refractivity contribution is 9.10. The zero-order valence-corrected chi connectivity index (χ0v) is 17.4. The number of hydrogen-bond acceptors (Lipinski definition) is 4. The summed E-state index contributed by atoms with van der Waals surface area (Å²) in [5.74, 6) is 0.300. The average Bonchev–Trinajstić information content (AvgIpc) is 3.01. The predicted octanol–water partition coefficient (Wildman–Crippen LogP) is 2.28. The van der Waals surface area contributed by atoms with Gasteiger partial charge in [0.1, 0.15) is 0 Å². The molecule has 3 heterocycles. The maximum atomic E-state index is 12.7. The Bertz CT molecular complexity index is 883. The summed E-state index contributed by atoms with van der Waals surface area (Å²) in [7, 11) is 2.10. The highest BCUT2D eigenvalue weighted by Gasteiger charge is 2.54. The summed E-state index contributed by atoms with van der Waals surface area (Å²) in [6.07, 6.45) is 3.28. The van der Waals surface area contributed by atoms with Crippen LogP contribution in [-0.2, 0) is 0 Å². The van der Waals surface area contributed by atoms with Crippen molar-refractivity contribution in [1.82, 2.24) is 20.1 Å². The van der Waals surface area contributed by atoms with Crippen LogP contribution >= 0.6 is 15.9 Å². The number of aromatic nitrogens is 1. The van der Waals surface area contributed by atoms with E-state index in [1.807, 2.05) is 35.2 Å². The Morgan fingerprint density at radius 2 is 1.93 bits per heavy atom. The summed E-state index contributed by atoms with van der Waals surface area (Å²) in [5, 5.41) is 3.08. The number of rotatable bonds is 4. The first-order valence-electron chi connectivity index (χ1n) is 9.38. The molecule has 1 N–H and O–H groups in total. The number of amides is 2. The van der Waals surface area contributed by atoms with Gasteiger partial charge in [-0.1, -0.05) is 18.2 Å². The zero-order valence-electron chi connectivity index (χ0n) is 15.8. The number of halogens is 1. The standard InChI is InChI=1S/C21H23BrN4O2/c1-25-11-17(9-24-19(27)15-5-3-2-4-6-15)21(12-25)13-26(14-21)20(28)16-7-18(22)10-23-8-16/h2-8,10,17H,9,11-14H2,1H3,(H,24,27). The summed E-state index contributed by atoms with van der Waals surface area (Å²) >= 11 is 3.37. The largest absolute Gasteiger partial charge is 0.352 e. The second-order valence-electron chi connectivity index (χ2n) is 7.89. The van der Waals surface area contributed by atoms with Crippen molar-refractivity contribution >= 4 is 27.7 Å². The van der Waals surface area contributed by atoms with E-state index in [1.54, 1.807) is 18.5 Å². The van der Waals surface area contributed by atoms with E-state index in [9.17, 15) is 9.59 Å². The zero-order chi connectivity index (χ0) is 19.7. The molecule has 1 aromatic carbocycles. The fraction of sp³-hybridized carbons (Fsp3) is 0.381. The van der Waals surface area contributed by atoms with Crippen LogP contribution in [0.5, 0.6) is 0 Å². The van der Waals surface area contributed by atoms with E-state index in [0.29, 0.717) is 36.7 Å². The van der Waals surface area contributed by atoms with Crippen LogP contribution in [0.15, 0.2) is 53.3 Å². The van der Waals surface area contributed by atoms with Gasteiger partial charge in [-0.2, -0.15) is 0 Å². The lowest BCUT2D eigenvalue weighted by atomic mass is 9.71. The molecular formula is C21H23BrN4O2. The number of carbonyl (C=O) groups excluding carboxylic acids is 2. The molecule has 1 spiro atoms. The lowest BCUT2D eigenvalue weighted by Gasteiger charge is -2.51.